The Balaban J connectivity index is 1.93. The minimum Gasteiger partial charge on any atom is -0.278 e. The molecule has 0 N–H and O–H groups in total. The van der Waals surface area contributed by atoms with Crippen molar-refractivity contribution >= 4 is 28.6 Å². The normalized spacial score (nSPS) is 13.2. The fraction of sp³-hybridized carbons (Fsp3) is 0.333. The highest BCUT2D eigenvalue weighted by atomic mass is 35.5. The van der Waals surface area contributed by atoms with Gasteiger partial charge in [0, 0.05) is 23.5 Å². The monoisotopic (exact) mass is 506 g/mol. The first-order valence-corrected chi connectivity index (χ1v) is 12.8. The second-order valence-corrected chi connectivity index (χ2v) is 9.60. The molecule has 0 saturated heterocycles. The Labute approximate surface area is 216 Å². The molecule has 35 heavy (non-hydrogen) atoms. The van der Waals surface area contributed by atoms with Gasteiger partial charge in [-0.1, -0.05) is 49.1 Å². The Morgan fingerprint density at radius 3 is 2.69 bits per heavy atom. The number of rotatable bonds is 8. The summed E-state index contributed by atoms with van der Waals surface area (Å²) >= 11 is 7.55. The molecule has 0 bridgehead atoms. The molecule has 1 atom stereocenters. The van der Waals surface area contributed by atoms with Crippen LogP contribution < -0.4 is 0 Å². The van der Waals surface area contributed by atoms with Gasteiger partial charge in [-0.25, -0.2) is 0 Å². The fourth-order valence-corrected chi connectivity index (χ4v) is 4.71. The van der Waals surface area contributed by atoms with E-state index in [1.54, 1.807) is 29.9 Å². The molecular formula is C27H31ClN6S. The average Bonchev–Trinajstić information content (AvgIpc) is 3.55. The van der Waals surface area contributed by atoms with Crippen LogP contribution in [0.25, 0.3) is 5.00 Å². The Morgan fingerprint density at radius 1 is 1.26 bits per heavy atom. The van der Waals surface area contributed by atoms with Crippen LogP contribution in [0.15, 0.2) is 59.1 Å². The molecule has 3 rings (SSSR count). The second kappa shape index (κ2) is 12.0. The molecule has 6 nitrogen and oxygen atoms in total. The molecule has 0 aliphatic rings. The van der Waals surface area contributed by atoms with E-state index in [2.05, 4.69) is 67.5 Å². The summed E-state index contributed by atoms with van der Waals surface area (Å²) in [5, 5.41) is 14.4. The van der Waals surface area contributed by atoms with Crippen LogP contribution >= 0.6 is 22.9 Å². The SMILES string of the molecule is C=C(Cl)\C=C/C(=C\CC)C(/C)=N/[C@@H](C)c1nncn1-c1sc(C#Cc2cnn(CC)c2)c(C)c1C. The molecule has 182 valence electrons. The topological polar surface area (TPSA) is 60.9 Å². The van der Waals surface area contributed by atoms with Crippen LogP contribution in [-0.2, 0) is 6.54 Å². The first-order valence-electron chi connectivity index (χ1n) is 11.6. The van der Waals surface area contributed by atoms with E-state index in [0.717, 1.165) is 56.6 Å². The fourth-order valence-electron chi connectivity index (χ4n) is 3.50. The third-order valence-electron chi connectivity index (χ3n) is 5.54. The summed E-state index contributed by atoms with van der Waals surface area (Å²) in [6, 6.07) is -0.193. The van der Waals surface area contributed by atoms with Gasteiger partial charge in [-0.3, -0.25) is 14.2 Å². The highest BCUT2D eigenvalue weighted by Crippen LogP contribution is 2.32. The van der Waals surface area contributed by atoms with Gasteiger partial charge in [0.2, 0.25) is 0 Å². The number of thiophene rings is 1. The van der Waals surface area contributed by atoms with E-state index in [1.165, 1.54) is 0 Å². The molecule has 0 saturated carbocycles. The van der Waals surface area contributed by atoms with E-state index in [4.69, 9.17) is 16.6 Å². The van der Waals surface area contributed by atoms with Crippen molar-refractivity contribution in [3.05, 3.63) is 81.5 Å². The van der Waals surface area contributed by atoms with Crippen LogP contribution in [0.5, 0.6) is 0 Å². The number of hydrogen-bond donors (Lipinski definition) is 0. The van der Waals surface area contributed by atoms with Crippen LogP contribution in [-0.4, -0.2) is 30.3 Å². The highest BCUT2D eigenvalue weighted by molar-refractivity contribution is 7.15. The lowest BCUT2D eigenvalue weighted by Gasteiger charge is -2.11. The van der Waals surface area contributed by atoms with Gasteiger partial charge in [-0.15, -0.1) is 21.5 Å². The summed E-state index contributed by atoms with van der Waals surface area (Å²) in [6.45, 7) is 16.9. The van der Waals surface area contributed by atoms with Crippen molar-refractivity contribution in [1.29, 1.82) is 0 Å². The minimum absolute atomic E-state index is 0.193. The Morgan fingerprint density at radius 2 is 2.03 bits per heavy atom. The molecule has 0 spiro atoms. The number of nitrogens with zero attached hydrogens (tertiary/aromatic N) is 6. The zero-order chi connectivity index (χ0) is 25.5. The van der Waals surface area contributed by atoms with E-state index < -0.39 is 0 Å². The number of aryl methyl sites for hydroxylation is 1. The maximum Gasteiger partial charge on any atom is 0.162 e. The van der Waals surface area contributed by atoms with Crippen molar-refractivity contribution in [3.63, 3.8) is 0 Å². The molecule has 3 aromatic rings. The molecule has 8 heteroatoms. The molecule has 0 aromatic carbocycles. The van der Waals surface area contributed by atoms with Gasteiger partial charge in [0.05, 0.1) is 16.6 Å². The third-order valence-corrected chi connectivity index (χ3v) is 6.97. The van der Waals surface area contributed by atoms with Crippen LogP contribution in [0.2, 0.25) is 0 Å². The van der Waals surface area contributed by atoms with E-state index in [1.807, 2.05) is 35.4 Å². The lowest BCUT2D eigenvalue weighted by molar-refractivity contribution is 0.660. The van der Waals surface area contributed by atoms with Gasteiger partial charge in [-0.2, -0.15) is 5.10 Å². The quantitative estimate of drug-likeness (QED) is 0.193. The van der Waals surface area contributed by atoms with Crippen LogP contribution in [0, 0.1) is 25.7 Å². The standard InChI is InChI=1S/C27H31ClN6S/c1-8-10-24(13-11-18(3)28)21(6)31-22(7)26-32-29-17-34(26)27-20(5)19(4)25(35-27)14-12-23-15-30-33(9-2)16-23/h10-11,13,15-17,22H,3,8-9H2,1-2,4-7H3/b13-11-,24-10+,31-21+/t22-/m0/s1. The summed E-state index contributed by atoms with van der Waals surface area (Å²) in [5.74, 6) is 7.34. The minimum atomic E-state index is -0.193. The Kier molecular flexibility index (Phi) is 9.02. The average molecular weight is 507 g/mol. The van der Waals surface area contributed by atoms with Crippen molar-refractivity contribution in [2.24, 2.45) is 4.99 Å². The highest BCUT2D eigenvalue weighted by Gasteiger charge is 2.19. The summed E-state index contributed by atoms with van der Waals surface area (Å²) in [7, 11) is 0. The first kappa shape index (κ1) is 26.4. The predicted octanol–water partition coefficient (Wildman–Crippen LogP) is 6.73. The van der Waals surface area contributed by atoms with Crippen LogP contribution in [0.1, 0.15) is 67.5 Å². The smallest absolute Gasteiger partial charge is 0.162 e. The summed E-state index contributed by atoms with van der Waals surface area (Å²) in [5.41, 5.74) is 5.14. The number of hydrogen-bond acceptors (Lipinski definition) is 5. The zero-order valence-corrected chi connectivity index (χ0v) is 22.7. The lowest BCUT2D eigenvalue weighted by Crippen LogP contribution is -2.06. The molecule has 0 fully saturated rings. The molecule has 0 radical (unpaired) electrons. The van der Waals surface area contributed by atoms with Gasteiger partial charge in [0.15, 0.2) is 5.82 Å². The van der Waals surface area contributed by atoms with E-state index in [0.29, 0.717) is 5.03 Å². The molecular weight excluding hydrogens is 476 g/mol. The predicted molar refractivity (Wildman–Crippen MR) is 147 cm³/mol. The Hall–Kier alpha value is -3.21. The number of aromatic nitrogens is 5. The Bertz CT molecular complexity index is 1360. The second-order valence-electron chi connectivity index (χ2n) is 8.12. The molecule has 0 aliphatic heterocycles. The van der Waals surface area contributed by atoms with Crippen LogP contribution in [0.3, 0.4) is 0 Å². The molecule has 0 unspecified atom stereocenters. The summed E-state index contributed by atoms with van der Waals surface area (Å²) in [6.07, 6.45) is 12.2. The first-order chi connectivity index (χ1) is 16.7. The lowest BCUT2D eigenvalue weighted by atomic mass is 10.1. The number of aliphatic imine (C=N–C) groups is 1. The number of allylic oxidation sites excluding steroid dienone is 5. The van der Waals surface area contributed by atoms with Crippen molar-refractivity contribution < 1.29 is 0 Å². The van der Waals surface area contributed by atoms with Crippen molar-refractivity contribution in [3.8, 4) is 16.8 Å². The maximum absolute atomic E-state index is 5.91. The van der Waals surface area contributed by atoms with Crippen molar-refractivity contribution in [2.75, 3.05) is 0 Å². The maximum atomic E-state index is 5.91. The van der Waals surface area contributed by atoms with Gasteiger partial charge in [0.25, 0.3) is 0 Å². The summed E-state index contributed by atoms with van der Waals surface area (Å²) < 4.78 is 3.90. The summed E-state index contributed by atoms with van der Waals surface area (Å²) in [4.78, 5) is 5.94. The van der Waals surface area contributed by atoms with Gasteiger partial charge < -0.3 is 0 Å². The zero-order valence-electron chi connectivity index (χ0n) is 21.1. The van der Waals surface area contributed by atoms with Gasteiger partial charge in [-0.05, 0) is 63.8 Å². The third kappa shape index (κ3) is 6.47. The largest absolute Gasteiger partial charge is 0.278 e. The van der Waals surface area contributed by atoms with E-state index in [9.17, 15) is 0 Å². The van der Waals surface area contributed by atoms with Crippen molar-refractivity contribution in [1.82, 2.24) is 24.5 Å². The molecule has 3 heterocycles. The number of halogens is 1. The molecule has 0 amide bonds. The van der Waals surface area contributed by atoms with E-state index in [-0.39, 0.29) is 6.04 Å². The molecule has 3 aromatic heterocycles. The van der Waals surface area contributed by atoms with E-state index >= 15 is 0 Å². The van der Waals surface area contributed by atoms with Crippen LogP contribution in [0.4, 0.5) is 0 Å². The van der Waals surface area contributed by atoms with Gasteiger partial charge >= 0.3 is 0 Å². The van der Waals surface area contributed by atoms with Crippen molar-refractivity contribution in [2.45, 2.75) is 60.5 Å². The van der Waals surface area contributed by atoms with Gasteiger partial charge in [0.1, 0.15) is 17.4 Å². The molecule has 0 aliphatic carbocycles.